The number of rotatable bonds is 5. The molecule has 5 rings (SSSR count). The number of thiophene rings is 1. The number of nitrogen functional groups attached to an aromatic ring is 2. The fraction of sp³-hybridized carbons (Fsp3) is 0.0909. The van der Waals surface area contributed by atoms with Crippen molar-refractivity contribution in [2.75, 3.05) is 23.4 Å². The number of ether oxygens (including phenoxy) is 1. The Kier molecular flexibility index (Phi) is 5.08. The van der Waals surface area contributed by atoms with Crippen molar-refractivity contribution in [3.8, 4) is 23.1 Å². The largest absolute Gasteiger partial charge is 0.494 e. The van der Waals surface area contributed by atoms with Gasteiger partial charge in [-0.1, -0.05) is 11.3 Å². The molecule has 0 atom stereocenters. The normalized spacial score (nSPS) is 11.0. The molecule has 0 aliphatic carbocycles. The minimum absolute atomic E-state index is 0.0425. The van der Waals surface area contributed by atoms with Gasteiger partial charge in [-0.2, -0.15) is 5.26 Å². The number of pyridine rings is 1. The first kappa shape index (κ1) is 20.7. The van der Waals surface area contributed by atoms with E-state index in [1.807, 2.05) is 25.1 Å². The summed E-state index contributed by atoms with van der Waals surface area (Å²) in [6.07, 6.45) is 1.49. The molecule has 0 aliphatic heterocycles. The molecule has 0 fully saturated rings. The van der Waals surface area contributed by atoms with E-state index in [4.69, 9.17) is 20.6 Å². The van der Waals surface area contributed by atoms with Crippen molar-refractivity contribution < 1.29 is 13.9 Å². The molecule has 164 valence electrons. The summed E-state index contributed by atoms with van der Waals surface area (Å²) in [5, 5.41) is 13.3. The van der Waals surface area contributed by atoms with E-state index < -0.39 is 5.91 Å². The Morgan fingerprint density at radius 2 is 2.12 bits per heavy atom. The van der Waals surface area contributed by atoms with E-state index in [1.54, 1.807) is 12.1 Å². The third-order valence-electron chi connectivity index (χ3n) is 4.88. The Bertz CT molecular complexity index is 1560. The van der Waals surface area contributed by atoms with Crippen LogP contribution in [0.3, 0.4) is 0 Å². The van der Waals surface area contributed by atoms with Crippen molar-refractivity contribution in [2.45, 2.75) is 6.92 Å². The summed E-state index contributed by atoms with van der Waals surface area (Å²) in [4.78, 5) is 22.5. The first-order valence-corrected chi connectivity index (χ1v) is 11.4. The summed E-state index contributed by atoms with van der Waals surface area (Å²) in [7, 11) is 0. The second-order valence-electron chi connectivity index (χ2n) is 6.90. The number of aromatic nitrogens is 2. The third kappa shape index (κ3) is 3.51. The van der Waals surface area contributed by atoms with Gasteiger partial charge in [0.1, 0.15) is 38.7 Å². The maximum Gasteiger partial charge on any atom is 0.269 e. The number of fused-ring (bicyclic) bond motifs is 2. The van der Waals surface area contributed by atoms with E-state index in [9.17, 15) is 10.1 Å². The van der Waals surface area contributed by atoms with Gasteiger partial charge in [0.05, 0.1) is 34.3 Å². The Hall–Kier alpha value is -4.14. The number of nitrogens with two attached hydrogens (primary N) is 2. The lowest BCUT2D eigenvalue weighted by atomic mass is 10.0. The Labute approximate surface area is 195 Å². The molecule has 4 heterocycles. The highest BCUT2D eigenvalue weighted by Crippen LogP contribution is 2.43. The average molecular weight is 477 g/mol. The fourth-order valence-electron chi connectivity index (χ4n) is 3.49. The zero-order valence-corrected chi connectivity index (χ0v) is 18.8. The molecule has 0 unspecified atom stereocenters. The van der Waals surface area contributed by atoms with Crippen molar-refractivity contribution in [1.29, 1.82) is 5.26 Å². The molecular formula is C22H16N6O3S2. The lowest BCUT2D eigenvalue weighted by Crippen LogP contribution is -2.11. The second kappa shape index (κ2) is 8.09. The number of thiazole rings is 1. The van der Waals surface area contributed by atoms with Gasteiger partial charge >= 0.3 is 0 Å². The van der Waals surface area contributed by atoms with Crippen LogP contribution in [0.1, 0.15) is 22.2 Å². The molecule has 0 radical (unpaired) electrons. The van der Waals surface area contributed by atoms with Gasteiger partial charge in [0.15, 0.2) is 5.13 Å². The molecule has 5 N–H and O–H groups in total. The second-order valence-corrected chi connectivity index (χ2v) is 8.93. The van der Waals surface area contributed by atoms with Crippen LogP contribution in [0.2, 0.25) is 0 Å². The predicted molar refractivity (Wildman–Crippen MR) is 130 cm³/mol. The molecule has 0 saturated carbocycles. The number of anilines is 3. The zero-order chi connectivity index (χ0) is 23.1. The van der Waals surface area contributed by atoms with Gasteiger partial charge in [-0.25, -0.2) is 9.97 Å². The number of carbonyl (C=O) groups excluding carboxylic acids is 1. The van der Waals surface area contributed by atoms with Crippen molar-refractivity contribution in [3.05, 3.63) is 47.0 Å². The summed E-state index contributed by atoms with van der Waals surface area (Å²) >= 11 is 2.42. The first-order chi connectivity index (χ1) is 16.0. The van der Waals surface area contributed by atoms with Crippen molar-refractivity contribution in [2.24, 2.45) is 0 Å². The van der Waals surface area contributed by atoms with Gasteiger partial charge in [-0.15, -0.1) is 11.3 Å². The number of nitrogens with one attached hydrogen (secondary N) is 1. The van der Waals surface area contributed by atoms with Crippen LogP contribution in [0.5, 0.6) is 5.75 Å². The number of nitrogens with zero attached hydrogens (tertiary/aromatic N) is 3. The standard InChI is InChI=1S/C22H16N6O3S2/c1-2-30-10-5-6-12-14(8-10)32-22(26-12)28-20(29)18-17(24)16-15(13-4-3-7-31-13)11(9-23)19(25)27-21(16)33-18/h3-8H,2,24H2,1H3,(H2,25,27)(H,26,28,29). The first-order valence-electron chi connectivity index (χ1n) is 9.80. The molecule has 0 aliphatic rings. The SMILES string of the molecule is CCOc1ccc2nc(NC(=O)c3sc4nc(N)c(C#N)c(-c5ccco5)c4c3N)sc2c1. The van der Waals surface area contributed by atoms with Gasteiger partial charge in [0.25, 0.3) is 5.91 Å². The van der Waals surface area contributed by atoms with Crippen molar-refractivity contribution in [3.63, 3.8) is 0 Å². The molecule has 1 aromatic carbocycles. The topological polar surface area (TPSA) is 153 Å². The number of nitriles is 1. The van der Waals surface area contributed by atoms with Crippen LogP contribution >= 0.6 is 22.7 Å². The third-order valence-corrected chi connectivity index (χ3v) is 6.91. The number of hydrogen-bond donors (Lipinski definition) is 3. The van der Waals surface area contributed by atoms with Gasteiger partial charge in [0, 0.05) is 5.39 Å². The van der Waals surface area contributed by atoms with Crippen LogP contribution in [-0.4, -0.2) is 22.5 Å². The molecular weight excluding hydrogens is 460 g/mol. The zero-order valence-electron chi connectivity index (χ0n) is 17.2. The monoisotopic (exact) mass is 476 g/mol. The van der Waals surface area contributed by atoms with E-state index in [0.717, 1.165) is 27.3 Å². The molecule has 1 amide bonds. The number of furan rings is 1. The molecule has 0 bridgehead atoms. The Balaban J connectivity index is 1.56. The van der Waals surface area contributed by atoms with Gasteiger partial charge in [-0.05, 0) is 37.3 Å². The van der Waals surface area contributed by atoms with Gasteiger partial charge < -0.3 is 20.6 Å². The van der Waals surface area contributed by atoms with E-state index in [0.29, 0.717) is 33.3 Å². The Morgan fingerprint density at radius 1 is 1.27 bits per heavy atom. The highest BCUT2D eigenvalue weighted by molar-refractivity contribution is 7.23. The smallest absolute Gasteiger partial charge is 0.269 e. The highest BCUT2D eigenvalue weighted by atomic mass is 32.1. The number of hydrogen-bond acceptors (Lipinski definition) is 10. The van der Waals surface area contributed by atoms with Crippen LogP contribution in [0.4, 0.5) is 16.6 Å². The average Bonchev–Trinajstić information content (AvgIpc) is 3.52. The van der Waals surface area contributed by atoms with Crippen LogP contribution in [0, 0.1) is 11.3 Å². The van der Waals surface area contributed by atoms with Crippen molar-refractivity contribution in [1.82, 2.24) is 9.97 Å². The van der Waals surface area contributed by atoms with E-state index in [2.05, 4.69) is 21.4 Å². The van der Waals surface area contributed by atoms with Crippen LogP contribution in [0.25, 0.3) is 31.8 Å². The molecule has 0 spiro atoms. The van der Waals surface area contributed by atoms with Gasteiger partial charge in [-0.3, -0.25) is 10.1 Å². The maximum atomic E-state index is 13.1. The van der Waals surface area contributed by atoms with Crippen molar-refractivity contribution >= 4 is 65.7 Å². The quantitative estimate of drug-likeness (QED) is 0.325. The lowest BCUT2D eigenvalue weighted by Gasteiger charge is -2.06. The summed E-state index contributed by atoms with van der Waals surface area (Å²) < 4.78 is 11.9. The lowest BCUT2D eigenvalue weighted by molar-refractivity contribution is 0.103. The molecule has 4 aromatic heterocycles. The summed E-state index contributed by atoms with van der Waals surface area (Å²) in [6.45, 7) is 2.47. The van der Waals surface area contributed by atoms with E-state index >= 15 is 0 Å². The van der Waals surface area contributed by atoms with Crippen LogP contribution in [-0.2, 0) is 0 Å². The predicted octanol–water partition coefficient (Wildman–Crippen LogP) is 4.85. The molecule has 5 aromatic rings. The molecule has 11 heteroatoms. The fourth-order valence-corrected chi connectivity index (χ4v) is 5.38. The Morgan fingerprint density at radius 3 is 2.85 bits per heavy atom. The molecule has 0 saturated heterocycles. The van der Waals surface area contributed by atoms with E-state index in [-0.39, 0.29) is 21.9 Å². The number of carbonyl (C=O) groups is 1. The number of benzene rings is 1. The van der Waals surface area contributed by atoms with Crippen LogP contribution < -0.4 is 21.5 Å². The minimum Gasteiger partial charge on any atom is -0.494 e. The highest BCUT2D eigenvalue weighted by Gasteiger charge is 2.25. The maximum absolute atomic E-state index is 13.1. The summed E-state index contributed by atoms with van der Waals surface area (Å²) in [5.41, 5.74) is 13.9. The van der Waals surface area contributed by atoms with E-state index in [1.165, 1.54) is 17.6 Å². The minimum atomic E-state index is -0.429. The summed E-state index contributed by atoms with van der Waals surface area (Å²) in [5.74, 6) is 0.768. The van der Waals surface area contributed by atoms with Crippen LogP contribution in [0.15, 0.2) is 41.0 Å². The summed E-state index contributed by atoms with van der Waals surface area (Å²) in [6, 6.07) is 11.0. The number of amides is 1. The van der Waals surface area contributed by atoms with Gasteiger partial charge in [0.2, 0.25) is 0 Å². The molecule has 33 heavy (non-hydrogen) atoms. The molecule has 9 nitrogen and oxygen atoms in total.